The van der Waals surface area contributed by atoms with E-state index in [0.717, 1.165) is 4.90 Å². The number of primary amides is 1. The van der Waals surface area contributed by atoms with E-state index in [1.165, 1.54) is 7.05 Å². The highest BCUT2D eigenvalue weighted by Crippen LogP contribution is 2.10. The number of likely N-dealkylation sites (N-methyl/N-ethyl adjacent to an activating group) is 1. The molecular formula is C8H13N3O4. The Hall–Kier alpha value is -1.47. The minimum absolute atomic E-state index is 0.0425. The zero-order valence-electron chi connectivity index (χ0n) is 8.27. The molecule has 0 spiro atoms. The molecule has 1 rings (SSSR count). The molecule has 1 saturated heterocycles. The van der Waals surface area contributed by atoms with Crippen molar-refractivity contribution in [2.45, 2.75) is 18.6 Å². The summed E-state index contributed by atoms with van der Waals surface area (Å²) in [7, 11) is 1.39. The van der Waals surface area contributed by atoms with Crippen molar-refractivity contribution >= 4 is 17.7 Å². The van der Waals surface area contributed by atoms with Gasteiger partial charge in [-0.25, -0.2) is 0 Å². The maximum absolute atomic E-state index is 11.3. The molecule has 0 radical (unpaired) electrons. The molecule has 0 saturated carbocycles. The van der Waals surface area contributed by atoms with Gasteiger partial charge >= 0.3 is 0 Å². The molecule has 1 fully saturated rings. The molecule has 3 amide bonds. The number of carbonyl (C=O) groups excluding carboxylic acids is 3. The minimum atomic E-state index is -1.35. The van der Waals surface area contributed by atoms with E-state index in [1.807, 2.05) is 0 Å². The van der Waals surface area contributed by atoms with E-state index in [0.29, 0.717) is 0 Å². The summed E-state index contributed by atoms with van der Waals surface area (Å²) in [6.45, 7) is -0.132. The third-order valence-corrected chi connectivity index (χ3v) is 2.27. The summed E-state index contributed by atoms with van der Waals surface area (Å²) in [4.78, 5) is 33.9. The molecule has 0 aromatic rings. The van der Waals surface area contributed by atoms with E-state index < -0.39 is 18.1 Å². The Bertz CT molecular complexity index is 304. The lowest BCUT2D eigenvalue weighted by Crippen LogP contribution is -2.44. The maximum Gasteiger partial charge on any atom is 0.247 e. The Kier molecular flexibility index (Phi) is 3.38. The highest BCUT2D eigenvalue weighted by molar-refractivity contribution is 6.05. The molecule has 0 bridgehead atoms. The number of imide groups is 1. The number of nitrogens with two attached hydrogens (primary N) is 1. The van der Waals surface area contributed by atoms with Crippen LogP contribution in [0.3, 0.4) is 0 Å². The van der Waals surface area contributed by atoms with Crippen molar-refractivity contribution < 1.29 is 19.5 Å². The highest BCUT2D eigenvalue weighted by Gasteiger charge is 2.35. The molecule has 15 heavy (non-hydrogen) atoms. The molecule has 7 nitrogen and oxygen atoms in total. The zero-order chi connectivity index (χ0) is 11.6. The first-order valence-electron chi connectivity index (χ1n) is 4.44. The molecule has 1 aliphatic rings. The number of hydrogen-bond acceptors (Lipinski definition) is 5. The largest absolute Gasteiger partial charge is 0.382 e. The standard InChI is InChI=1S/C8H13N3O4/c1-11-6(13)2-4(8(11)15)10-3-5(12)7(9)14/h4-5,10,12H,2-3H2,1H3,(H2,9,14). The summed E-state index contributed by atoms with van der Waals surface area (Å²) in [6.07, 6.45) is -1.31. The molecule has 7 heteroatoms. The van der Waals surface area contributed by atoms with Crippen LogP contribution in [0.15, 0.2) is 0 Å². The Labute approximate surface area is 86.2 Å². The van der Waals surface area contributed by atoms with Gasteiger partial charge in [0.25, 0.3) is 0 Å². The van der Waals surface area contributed by atoms with Gasteiger partial charge in [-0.3, -0.25) is 19.3 Å². The SMILES string of the molecule is CN1C(=O)CC(NCC(O)C(N)=O)C1=O. The molecule has 0 aromatic heterocycles. The number of nitrogens with one attached hydrogen (secondary N) is 1. The van der Waals surface area contributed by atoms with Gasteiger partial charge in [0.1, 0.15) is 6.10 Å². The van der Waals surface area contributed by atoms with Gasteiger partial charge in [0, 0.05) is 13.6 Å². The Balaban J connectivity index is 2.44. The van der Waals surface area contributed by atoms with Crippen molar-refractivity contribution in [1.82, 2.24) is 10.2 Å². The third-order valence-electron chi connectivity index (χ3n) is 2.27. The van der Waals surface area contributed by atoms with Crippen molar-refractivity contribution in [2.75, 3.05) is 13.6 Å². The van der Waals surface area contributed by atoms with Crippen LogP contribution in [0.5, 0.6) is 0 Å². The van der Waals surface area contributed by atoms with Gasteiger partial charge in [0.2, 0.25) is 17.7 Å². The van der Waals surface area contributed by atoms with Gasteiger partial charge in [-0.1, -0.05) is 0 Å². The van der Waals surface area contributed by atoms with Crippen LogP contribution in [0.1, 0.15) is 6.42 Å². The third kappa shape index (κ3) is 2.51. The smallest absolute Gasteiger partial charge is 0.247 e. The van der Waals surface area contributed by atoms with Gasteiger partial charge in [0.05, 0.1) is 12.5 Å². The van der Waals surface area contributed by atoms with Crippen molar-refractivity contribution in [3.8, 4) is 0 Å². The number of nitrogens with zero attached hydrogens (tertiary/aromatic N) is 1. The fourth-order valence-corrected chi connectivity index (χ4v) is 1.27. The first-order chi connectivity index (χ1) is 6.93. The minimum Gasteiger partial charge on any atom is -0.382 e. The fraction of sp³-hybridized carbons (Fsp3) is 0.625. The van der Waals surface area contributed by atoms with Gasteiger partial charge in [-0.05, 0) is 0 Å². The maximum atomic E-state index is 11.3. The Morgan fingerprint density at radius 3 is 2.73 bits per heavy atom. The predicted molar refractivity (Wildman–Crippen MR) is 49.4 cm³/mol. The molecule has 1 heterocycles. The lowest BCUT2D eigenvalue weighted by atomic mass is 10.2. The van der Waals surface area contributed by atoms with Gasteiger partial charge in [-0.2, -0.15) is 0 Å². The normalized spacial score (nSPS) is 23.3. The van der Waals surface area contributed by atoms with Crippen LogP contribution in [0.25, 0.3) is 0 Å². The molecule has 0 aromatic carbocycles. The number of carbonyl (C=O) groups is 3. The second-order valence-electron chi connectivity index (χ2n) is 3.37. The monoisotopic (exact) mass is 215 g/mol. The first-order valence-corrected chi connectivity index (χ1v) is 4.44. The predicted octanol–water partition coefficient (Wildman–Crippen LogP) is -2.82. The summed E-state index contributed by atoms with van der Waals surface area (Å²) in [5, 5.41) is 11.7. The summed E-state index contributed by atoms with van der Waals surface area (Å²) in [5.74, 6) is -1.52. The summed E-state index contributed by atoms with van der Waals surface area (Å²) >= 11 is 0. The lowest BCUT2D eigenvalue weighted by molar-refractivity contribution is -0.137. The molecule has 1 aliphatic heterocycles. The number of amides is 3. The average molecular weight is 215 g/mol. The second-order valence-corrected chi connectivity index (χ2v) is 3.37. The quantitative estimate of drug-likeness (QED) is 0.438. The van der Waals surface area contributed by atoms with Crippen molar-refractivity contribution in [3.05, 3.63) is 0 Å². The van der Waals surface area contributed by atoms with Gasteiger partial charge in [0.15, 0.2) is 0 Å². The number of likely N-dealkylation sites (tertiary alicyclic amines) is 1. The molecule has 0 aliphatic carbocycles. The molecule has 4 N–H and O–H groups in total. The fourth-order valence-electron chi connectivity index (χ4n) is 1.27. The van der Waals surface area contributed by atoms with Crippen molar-refractivity contribution in [1.29, 1.82) is 0 Å². The van der Waals surface area contributed by atoms with E-state index in [-0.39, 0.29) is 24.8 Å². The number of rotatable bonds is 4. The average Bonchev–Trinajstić information content (AvgIpc) is 2.42. The van der Waals surface area contributed by atoms with E-state index in [2.05, 4.69) is 5.32 Å². The van der Waals surface area contributed by atoms with E-state index in [4.69, 9.17) is 10.8 Å². The Morgan fingerprint density at radius 1 is 1.73 bits per heavy atom. The molecule has 84 valence electrons. The van der Waals surface area contributed by atoms with Crippen LogP contribution in [-0.4, -0.2) is 53.5 Å². The summed E-state index contributed by atoms with van der Waals surface area (Å²) < 4.78 is 0. The van der Waals surface area contributed by atoms with Crippen LogP contribution < -0.4 is 11.1 Å². The molecule has 2 atom stereocenters. The summed E-state index contributed by atoms with van der Waals surface area (Å²) in [6, 6.07) is -0.670. The van der Waals surface area contributed by atoms with E-state index in [9.17, 15) is 14.4 Å². The highest BCUT2D eigenvalue weighted by atomic mass is 16.3. The van der Waals surface area contributed by atoms with Gasteiger partial charge < -0.3 is 16.2 Å². The molecular weight excluding hydrogens is 202 g/mol. The van der Waals surface area contributed by atoms with Crippen LogP contribution in [0.4, 0.5) is 0 Å². The van der Waals surface area contributed by atoms with Crippen molar-refractivity contribution in [2.24, 2.45) is 5.73 Å². The van der Waals surface area contributed by atoms with Crippen molar-refractivity contribution in [3.63, 3.8) is 0 Å². The zero-order valence-corrected chi connectivity index (χ0v) is 8.27. The second kappa shape index (κ2) is 4.37. The number of hydrogen-bond donors (Lipinski definition) is 3. The van der Waals surface area contributed by atoms with Crippen LogP contribution in [0, 0.1) is 0 Å². The van der Waals surface area contributed by atoms with Crippen LogP contribution >= 0.6 is 0 Å². The summed E-state index contributed by atoms with van der Waals surface area (Å²) in [5.41, 5.74) is 4.82. The number of aliphatic hydroxyl groups excluding tert-OH is 1. The van der Waals surface area contributed by atoms with E-state index in [1.54, 1.807) is 0 Å². The topological polar surface area (TPSA) is 113 Å². The number of aliphatic hydroxyl groups is 1. The lowest BCUT2D eigenvalue weighted by Gasteiger charge is -2.12. The van der Waals surface area contributed by atoms with Crippen LogP contribution in [-0.2, 0) is 14.4 Å². The van der Waals surface area contributed by atoms with Gasteiger partial charge in [-0.15, -0.1) is 0 Å². The van der Waals surface area contributed by atoms with E-state index >= 15 is 0 Å². The first kappa shape index (κ1) is 11.6. The Morgan fingerprint density at radius 2 is 2.33 bits per heavy atom. The van der Waals surface area contributed by atoms with Crippen LogP contribution in [0.2, 0.25) is 0 Å². The molecule has 2 unspecified atom stereocenters.